The normalized spacial score (nSPS) is 19.1. The molecule has 0 bridgehead atoms. The van der Waals surface area contributed by atoms with Gasteiger partial charge in [-0.05, 0) is 72.1 Å². The Morgan fingerprint density at radius 2 is 1.88 bits per heavy atom. The molecule has 4 aromatic carbocycles. The maximum atomic E-state index is 13.7. The molecule has 5 aromatic rings. The summed E-state index contributed by atoms with van der Waals surface area (Å²) in [5.41, 5.74) is 3.60. The topological polar surface area (TPSA) is 89.0 Å². The van der Waals surface area contributed by atoms with Gasteiger partial charge in [0, 0.05) is 17.0 Å². The van der Waals surface area contributed by atoms with Crippen molar-refractivity contribution >= 4 is 55.7 Å². The Hall–Kier alpha value is -4.66. The van der Waals surface area contributed by atoms with Crippen molar-refractivity contribution in [3.8, 4) is 11.5 Å². The summed E-state index contributed by atoms with van der Waals surface area (Å²) in [6.45, 7) is 2.32. The molecule has 43 heavy (non-hydrogen) atoms. The van der Waals surface area contributed by atoms with Crippen LogP contribution in [0.3, 0.4) is 0 Å². The van der Waals surface area contributed by atoms with Crippen molar-refractivity contribution in [2.75, 3.05) is 4.90 Å². The van der Waals surface area contributed by atoms with Crippen LogP contribution in [0, 0.1) is 0 Å². The van der Waals surface area contributed by atoms with Crippen molar-refractivity contribution < 1.29 is 24.2 Å². The van der Waals surface area contributed by atoms with E-state index in [0.717, 1.165) is 21.6 Å². The lowest BCUT2D eigenvalue weighted by atomic mass is 9.94. The molecule has 7 rings (SSSR count). The molecule has 1 fully saturated rings. The van der Waals surface area contributed by atoms with E-state index in [4.69, 9.17) is 21.1 Å². The number of aromatic nitrogens is 1. The first-order valence-electron chi connectivity index (χ1n) is 13.8. The van der Waals surface area contributed by atoms with Crippen LogP contribution in [-0.4, -0.2) is 27.9 Å². The van der Waals surface area contributed by atoms with Gasteiger partial charge in [-0.1, -0.05) is 65.4 Å². The molecule has 3 heterocycles. The smallest absolute Gasteiger partial charge is 0.301 e. The predicted octanol–water partition coefficient (Wildman–Crippen LogP) is 7.48. The van der Waals surface area contributed by atoms with E-state index < -0.39 is 17.7 Å². The average molecular weight is 609 g/mol. The van der Waals surface area contributed by atoms with E-state index in [1.807, 2.05) is 61.5 Å². The number of thiazole rings is 1. The van der Waals surface area contributed by atoms with E-state index in [1.54, 1.807) is 36.4 Å². The predicted molar refractivity (Wildman–Crippen MR) is 167 cm³/mol. The number of ether oxygens (including phenoxy) is 2. The fourth-order valence-corrected chi connectivity index (χ4v) is 6.84. The fourth-order valence-electron chi connectivity index (χ4n) is 5.57. The van der Waals surface area contributed by atoms with E-state index in [9.17, 15) is 14.7 Å². The van der Waals surface area contributed by atoms with Gasteiger partial charge < -0.3 is 14.6 Å². The molecule has 7 nitrogen and oxygen atoms in total. The number of Topliss-reactive ketones (excluding diaryl/α,β-unsaturated/α-hetero) is 1. The lowest BCUT2D eigenvalue weighted by molar-refractivity contribution is -0.132. The number of ketones is 1. The van der Waals surface area contributed by atoms with Crippen LogP contribution in [0.25, 0.3) is 16.0 Å². The number of benzene rings is 4. The van der Waals surface area contributed by atoms with Gasteiger partial charge in [-0.3, -0.25) is 14.5 Å². The number of carbonyl (C=O) groups excluding carboxylic acids is 2. The highest BCUT2D eigenvalue weighted by atomic mass is 35.5. The number of amides is 1. The Morgan fingerprint density at radius 1 is 1.05 bits per heavy atom. The summed E-state index contributed by atoms with van der Waals surface area (Å²) in [6.07, 6.45) is 0.702. The molecule has 1 amide bonds. The number of anilines is 1. The summed E-state index contributed by atoms with van der Waals surface area (Å²) in [6, 6.07) is 26.6. The van der Waals surface area contributed by atoms with Crippen molar-refractivity contribution in [2.24, 2.45) is 0 Å². The lowest BCUT2D eigenvalue weighted by Gasteiger charge is -2.23. The number of hydrogen-bond acceptors (Lipinski definition) is 7. The monoisotopic (exact) mass is 608 g/mol. The minimum Gasteiger partial charge on any atom is -0.507 e. The van der Waals surface area contributed by atoms with Crippen molar-refractivity contribution in [3.63, 3.8) is 0 Å². The van der Waals surface area contributed by atoms with E-state index in [-0.39, 0.29) is 17.4 Å². The van der Waals surface area contributed by atoms with Gasteiger partial charge in [0.1, 0.15) is 30.0 Å². The average Bonchev–Trinajstić information content (AvgIpc) is 3.68. The molecule has 0 unspecified atom stereocenters. The molecule has 1 saturated heterocycles. The van der Waals surface area contributed by atoms with Crippen LogP contribution in [0.2, 0.25) is 5.02 Å². The Kier molecular flexibility index (Phi) is 6.88. The zero-order valence-electron chi connectivity index (χ0n) is 23.0. The number of nitrogens with zero attached hydrogens (tertiary/aromatic N) is 2. The number of carbonyl (C=O) groups is 2. The summed E-state index contributed by atoms with van der Waals surface area (Å²) in [5, 5.41) is 12.5. The molecule has 0 saturated carbocycles. The van der Waals surface area contributed by atoms with Crippen LogP contribution in [-0.2, 0) is 22.6 Å². The molecular formula is C34H25ClN2O5S. The second-order valence-electron chi connectivity index (χ2n) is 10.6. The maximum Gasteiger partial charge on any atom is 0.301 e. The van der Waals surface area contributed by atoms with Crippen LogP contribution >= 0.6 is 22.9 Å². The molecule has 0 spiro atoms. The quantitative estimate of drug-likeness (QED) is 0.122. The highest BCUT2D eigenvalue weighted by molar-refractivity contribution is 7.22. The van der Waals surface area contributed by atoms with Gasteiger partial charge in [0.25, 0.3) is 5.78 Å². The molecule has 0 radical (unpaired) electrons. The van der Waals surface area contributed by atoms with Gasteiger partial charge in [0.2, 0.25) is 0 Å². The van der Waals surface area contributed by atoms with Crippen molar-refractivity contribution in [1.29, 1.82) is 0 Å². The molecule has 9 heteroatoms. The summed E-state index contributed by atoms with van der Waals surface area (Å²) in [4.78, 5) is 33.5. The van der Waals surface area contributed by atoms with Crippen LogP contribution < -0.4 is 14.4 Å². The van der Waals surface area contributed by atoms with Gasteiger partial charge >= 0.3 is 5.91 Å². The number of rotatable bonds is 6. The zero-order chi connectivity index (χ0) is 29.7. The SMILES string of the molecule is C[C@@H]1Cc2cc(C(O)=C3C(=O)C(=O)N(c4nc5ccc(Cl)cc5s4)[C@H]3c3cccc(OCc4ccccc4)c3)ccc2O1. The molecule has 214 valence electrons. The van der Waals surface area contributed by atoms with Gasteiger partial charge in [0.15, 0.2) is 5.13 Å². The number of hydrogen-bond donors (Lipinski definition) is 1. The lowest BCUT2D eigenvalue weighted by Crippen LogP contribution is -2.29. The Morgan fingerprint density at radius 3 is 2.72 bits per heavy atom. The highest BCUT2D eigenvalue weighted by Gasteiger charge is 2.48. The standard InChI is InChI=1S/C34H25ClN2O5S/c1-19-14-23-15-22(10-13-27(23)42-19)31(38)29-30(21-8-5-9-25(16-21)41-18-20-6-3-2-4-7-20)37(33(40)32(29)39)34-36-26-12-11-24(35)17-28(26)43-34/h2-13,15-17,19,30,38H,14,18H2,1H3/t19-,30+/m1/s1. The Bertz CT molecular complexity index is 1940. The molecule has 1 aromatic heterocycles. The maximum absolute atomic E-state index is 13.7. The first kappa shape index (κ1) is 27.2. The van der Waals surface area contributed by atoms with Gasteiger partial charge in [-0.2, -0.15) is 0 Å². The summed E-state index contributed by atoms with van der Waals surface area (Å²) < 4.78 is 12.7. The van der Waals surface area contributed by atoms with Crippen LogP contribution in [0.4, 0.5) is 5.13 Å². The third-order valence-electron chi connectivity index (χ3n) is 7.58. The highest BCUT2D eigenvalue weighted by Crippen LogP contribution is 2.45. The Balaban J connectivity index is 1.35. The minimum absolute atomic E-state index is 0.0177. The van der Waals surface area contributed by atoms with E-state index in [0.29, 0.717) is 45.6 Å². The Labute approximate surface area is 256 Å². The molecule has 0 aliphatic carbocycles. The van der Waals surface area contributed by atoms with Crippen molar-refractivity contribution in [3.05, 3.63) is 124 Å². The third kappa shape index (κ3) is 5.02. The number of aliphatic hydroxyl groups excluding tert-OH is 1. The molecular weight excluding hydrogens is 584 g/mol. The first-order chi connectivity index (χ1) is 20.9. The molecule has 2 atom stereocenters. The van der Waals surface area contributed by atoms with Crippen LogP contribution in [0.5, 0.6) is 11.5 Å². The summed E-state index contributed by atoms with van der Waals surface area (Å²) in [7, 11) is 0. The van der Waals surface area contributed by atoms with Crippen LogP contribution in [0.15, 0.2) is 96.6 Å². The summed E-state index contributed by atoms with van der Waals surface area (Å²) in [5.74, 6) is -0.511. The van der Waals surface area contributed by atoms with Gasteiger partial charge in [0.05, 0.1) is 21.8 Å². The van der Waals surface area contributed by atoms with Gasteiger partial charge in [-0.25, -0.2) is 4.98 Å². The molecule has 2 aliphatic heterocycles. The number of halogens is 1. The third-order valence-corrected chi connectivity index (χ3v) is 8.83. The minimum atomic E-state index is -0.945. The van der Waals surface area contributed by atoms with E-state index >= 15 is 0 Å². The largest absolute Gasteiger partial charge is 0.507 e. The number of fused-ring (bicyclic) bond motifs is 2. The molecule has 2 aliphatic rings. The van der Waals surface area contributed by atoms with E-state index in [1.165, 1.54) is 16.2 Å². The van der Waals surface area contributed by atoms with Crippen LogP contribution in [0.1, 0.15) is 35.2 Å². The second kappa shape index (κ2) is 10.9. The zero-order valence-corrected chi connectivity index (χ0v) is 24.6. The van der Waals surface area contributed by atoms with Gasteiger partial charge in [-0.15, -0.1) is 0 Å². The first-order valence-corrected chi connectivity index (χ1v) is 15.0. The summed E-state index contributed by atoms with van der Waals surface area (Å²) >= 11 is 7.47. The number of aliphatic hydroxyl groups is 1. The van der Waals surface area contributed by atoms with Crippen molar-refractivity contribution in [2.45, 2.75) is 32.1 Å². The fraction of sp³-hybridized carbons (Fsp3) is 0.147. The van der Waals surface area contributed by atoms with E-state index in [2.05, 4.69) is 4.98 Å². The second-order valence-corrected chi connectivity index (χ2v) is 12.0. The molecule has 1 N–H and O–H groups in total. The van der Waals surface area contributed by atoms with Crippen molar-refractivity contribution in [1.82, 2.24) is 4.98 Å².